The van der Waals surface area contributed by atoms with Crippen LogP contribution in [0.5, 0.6) is 0 Å². The number of nitrogens with one attached hydrogen (secondary N) is 3. The quantitative estimate of drug-likeness (QED) is 0.520. The van der Waals surface area contributed by atoms with Gasteiger partial charge in [-0.1, -0.05) is 19.9 Å². The van der Waals surface area contributed by atoms with Crippen LogP contribution in [-0.2, 0) is 6.54 Å². The molecular weight excluding hydrogens is 314 g/mol. The highest BCUT2D eigenvalue weighted by atomic mass is 15.2. The maximum atomic E-state index is 4.63. The van der Waals surface area contributed by atoms with Gasteiger partial charge in [0.2, 0.25) is 0 Å². The van der Waals surface area contributed by atoms with Crippen molar-refractivity contribution in [3.63, 3.8) is 0 Å². The number of anilines is 1. The van der Waals surface area contributed by atoms with Gasteiger partial charge in [-0.15, -0.1) is 0 Å². The highest BCUT2D eigenvalue weighted by Gasteiger charge is 2.14. The molecule has 126 valence electrons. The van der Waals surface area contributed by atoms with Gasteiger partial charge in [-0.3, -0.25) is 10.1 Å². The summed E-state index contributed by atoms with van der Waals surface area (Å²) in [6.45, 7) is 4.82. The van der Waals surface area contributed by atoms with Gasteiger partial charge in [0.1, 0.15) is 17.3 Å². The van der Waals surface area contributed by atoms with E-state index in [1.165, 1.54) is 0 Å². The topological polar surface area (TPSA) is 95.2 Å². The van der Waals surface area contributed by atoms with Crippen molar-refractivity contribution >= 4 is 16.9 Å². The van der Waals surface area contributed by atoms with E-state index >= 15 is 0 Å². The molecule has 0 amide bonds. The third kappa shape index (κ3) is 3.08. The molecule has 3 N–H and O–H groups in total. The van der Waals surface area contributed by atoms with Crippen LogP contribution in [0.4, 0.5) is 5.82 Å². The van der Waals surface area contributed by atoms with Crippen LogP contribution in [0, 0.1) is 0 Å². The van der Waals surface area contributed by atoms with Gasteiger partial charge in [0.25, 0.3) is 0 Å². The summed E-state index contributed by atoms with van der Waals surface area (Å²) < 4.78 is 0. The third-order valence-electron chi connectivity index (χ3n) is 4.02. The minimum atomic E-state index is 0.299. The predicted molar refractivity (Wildman–Crippen MR) is 97.1 cm³/mol. The van der Waals surface area contributed by atoms with Gasteiger partial charge in [0.05, 0.1) is 0 Å². The van der Waals surface area contributed by atoms with Gasteiger partial charge in [0, 0.05) is 42.0 Å². The summed E-state index contributed by atoms with van der Waals surface area (Å²) in [5.74, 6) is 2.62. The molecule has 0 aromatic carbocycles. The fourth-order valence-electron chi connectivity index (χ4n) is 2.66. The second-order valence-corrected chi connectivity index (χ2v) is 6.21. The molecule has 4 aromatic heterocycles. The molecule has 0 bridgehead atoms. The Labute approximate surface area is 145 Å². The zero-order valence-electron chi connectivity index (χ0n) is 14.1. The second-order valence-electron chi connectivity index (χ2n) is 6.21. The smallest absolute Gasteiger partial charge is 0.182 e. The Morgan fingerprint density at radius 3 is 2.88 bits per heavy atom. The Kier molecular flexibility index (Phi) is 3.89. The van der Waals surface area contributed by atoms with Crippen LogP contribution in [0.15, 0.2) is 42.9 Å². The number of rotatable bonds is 5. The summed E-state index contributed by atoms with van der Waals surface area (Å²) >= 11 is 0. The van der Waals surface area contributed by atoms with Crippen molar-refractivity contribution in [3.05, 3.63) is 54.2 Å². The van der Waals surface area contributed by atoms with Crippen molar-refractivity contribution in [1.29, 1.82) is 0 Å². The molecule has 0 saturated carbocycles. The first-order chi connectivity index (χ1) is 12.2. The molecule has 7 nitrogen and oxygen atoms in total. The van der Waals surface area contributed by atoms with E-state index < -0.39 is 0 Å². The van der Waals surface area contributed by atoms with Crippen molar-refractivity contribution in [2.45, 2.75) is 26.3 Å². The molecule has 0 fully saturated rings. The van der Waals surface area contributed by atoms with Crippen molar-refractivity contribution in [2.24, 2.45) is 0 Å². The molecule has 0 aliphatic rings. The van der Waals surface area contributed by atoms with Crippen molar-refractivity contribution in [2.75, 3.05) is 5.32 Å². The average Bonchev–Trinajstić information content (AvgIpc) is 3.29. The Balaban J connectivity index is 1.69. The summed E-state index contributed by atoms with van der Waals surface area (Å²) in [5, 5.41) is 11.7. The van der Waals surface area contributed by atoms with Gasteiger partial charge < -0.3 is 10.3 Å². The zero-order chi connectivity index (χ0) is 17.2. The van der Waals surface area contributed by atoms with E-state index in [4.69, 9.17) is 0 Å². The minimum absolute atomic E-state index is 0.299. The summed E-state index contributed by atoms with van der Waals surface area (Å²) in [4.78, 5) is 16.5. The molecule has 4 aromatic rings. The number of aromatic nitrogens is 6. The molecule has 0 aliphatic carbocycles. The lowest BCUT2D eigenvalue weighted by Gasteiger charge is -2.08. The van der Waals surface area contributed by atoms with Gasteiger partial charge in [-0.25, -0.2) is 9.97 Å². The standard InChI is InChI=1S/C18H19N7/c1-11(2)16-23-18(25-24-16)14-8-15(22-17-13(14)5-7-20-17)21-10-12-4-3-6-19-9-12/h3-9,11H,10H2,1-2H3,(H2,20,21,22)(H,23,24,25). The molecule has 0 aliphatic heterocycles. The van der Waals surface area contributed by atoms with Crippen LogP contribution < -0.4 is 5.32 Å². The van der Waals surface area contributed by atoms with Crippen LogP contribution in [0.1, 0.15) is 31.2 Å². The first-order valence-corrected chi connectivity index (χ1v) is 8.24. The monoisotopic (exact) mass is 333 g/mol. The molecule has 0 spiro atoms. The number of hydrogen-bond acceptors (Lipinski definition) is 5. The number of H-pyrrole nitrogens is 2. The molecule has 7 heteroatoms. The first-order valence-electron chi connectivity index (χ1n) is 8.24. The van der Waals surface area contributed by atoms with Gasteiger partial charge in [-0.05, 0) is 23.8 Å². The van der Waals surface area contributed by atoms with E-state index in [1.807, 2.05) is 36.7 Å². The number of hydrogen-bond donors (Lipinski definition) is 3. The van der Waals surface area contributed by atoms with Gasteiger partial charge in [0.15, 0.2) is 5.82 Å². The van der Waals surface area contributed by atoms with Crippen LogP contribution in [0.2, 0.25) is 0 Å². The molecule has 4 rings (SSSR count). The van der Waals surface area contributed by atoms with E-state index in [9.17, 15) is 0 Å². The zero-order valence-corrected chi connectivity index (χ0v) is 14.1. The number of aromatic amines is 2. The van der Waals surface area contributed by atoms with Gasteiger partial charge >= 0.3 is 0 Å². The minimum Gasteiger partial charge on any atom is -0.366 e. The SMILES string of the molecule is CC(C)c1nc(-c2cc(NCc3cccnc3)nc3[nH]ccc23)n[nH]1. The van der Waals surface area contributed by atoms with E-state index in [-0.39, 0.29) is 0 Å². The molecule has 0 unspecified atom stereocenters. The fraction of sp³-hybridized carbons (Fsp3) is 0.222. The highest BCUT2D eigenvalue weighted by Crippen LogP contribution is 2.28. The van der Waals surface area contributed by atoms with Crippen LogP contribution >= 0.6 is 0 Å². The molecule has 0 saturated heterocycles. The number of nitrogens with zero attached hydrogens (tertiary/aromatic N) is 4. The van der Waals surface area contributed by atoms with E-state index in [2.05, 4.69) is 49.3 Å². The Morgan fingerprint density at radius 1 is 1.20 bits per heavy atom. The summed E-state index contributed by atoms with van der Waals surface area (Å²) in [7, 11) is 0. The predicted octanol–water partition coefficient (Wildman–Crippen LogP) is 3.48. The highest BCUT2D eigenvalue weighted by molar-refractivity contribution is 5.92. The molecule has 4 heterocycles. The maximum Gasteiger partial charge on any atom is 0.182 e. The second kappa shape index (κ2) is 6.35. The van der Waals surface area contributed by atoms with Gasteiger partial charge in [-0.2, -0.15) is 5.10 Å². The lowest BCUT2D eigenvalue weighted by Crippen LogP contribution is -2.02. The largest absolute Gasteiger partial charge is 0.366 e. The maximum absolute atomic E-state index is 4.63. The third-order valence-corrected chi connectivity index (χ3v) is 4.02. The van der Waals surface area contributed by atoms with Crippen molar-refractivity contribution in [1.82, 2.24) is 30.1 Å². The first kappa shape index (κ1) is 15.3. The Bertz CT molecular complexity index is 985. The van der Waals surface area contributed by atoms with Crippen molar-refractivity contribution in [3.8, 4) is 11.4 Å². The normalized spacial score (nSPS) is 11.3. The molecule has 25 heavy (non-hydrogen) atoms. The summed E-state index contributed by atoms with van der Waals surface area (Å²) in [5.41, 5.74) is 2.85. The van der Waals surface area contributed by atoms with Crippen LogP contribution in [-0.4, -0.2) is 30.1 Å². The number of pyridine rings is 2. The summed E-state index contributed by atoms with van der Waals surface area (Å²) in [6.07, 6.45) is 5.48. The molecule has 0 atom stereocenters. The summed E-state index contributed by atoms with van der Waals surface area (Å²) in [6, 6.07) is 7.93. The molecule has 0 radical (unpaired) electrons. The van der Waals surface area contributed by atoms with E-state index in [1.54, 1.807) is 6.20 Å². The van der Waals surface area contributed by atoms with Crippen LogP contribution in [0.25, 0.3) is 22.4 Å². The van der Waals surface area contributed by atoms with Crippen molar-refractivity contribution < 1.29 is 0 Å². The molecular formula is C18H19N7. The average molecular weight is 333 g/mol. The van der Waals surface area contributed by atoms with E-state index in [0.717, 1.165) is 33.8 Å². The lowest BCUT2D eigenvalue weighted by atomic mass is 10.1. The number of fused-ring (bicyclic) bond motifs is 1. The Morgan fingerprint density at radius 2 is 2.12 bits per heavy atom. The Hall–Kier alpha value is -3.22. The fourth-order valence-corrected chi connectivity index (χ4v) is 2.66. The van der Waals surface area contributed by atoms with E-state index in [0.29, 0.717) is 18.3 Å². The van der Waals surface area contributed by atoms with Crippen LogP contribution in [0.3, 0.4) is 0 Å². The lowest BCUT2D eigenvalue weighted by molar-refractivity contribution is 0.781.